The lowest BCUT2D eigenvalue weighted by Gasteiger charge is -2.19. The molecule has 0 saturated heterocycles. The molecule has 33 heavy (non-hydrogen) atoms. The second-order valence-corrected chi connectivity index (χ2v) is 8.76. The van der Waals surface area contributed by atoms with Crippen LogP contribution in [0.1, 0.15) is 46.6 Å². The molecule has 3 aromatic carbocycles. The molecule has 0 radical (unpaired) electrons. The van der Waals surface area contributed by atoms with Gasteiger partial charge in [-0.1, -0.05) is 78.9 Å². The summed E-state index contributed by atoms with van der Waals surface area (Å²) in [6, 6.07) is 26.2. The smallest absolute Gasteiger partial charge is 0.346 e. The molecular formula is C29H26O4. The Kier molecular flexibility index (Phi) is 5.82. The van der Waals surface area contributed by atoms with Crippen LogP contribution in [-0.2, 0) is 33.6 Å². The highest BCUT2D eigenvalue weighted by Crippen LogP contribution is 2.38. The van der Waals surface area contributed by atoms with E-state index in [0.717, 1.165) is 29.5 Å². The third-order valence-corrected chi connectivity index (χ3v) is 6.75. The first kappa shape index (κ1) is 21.2. The molecule has 1 aliphatic heterocycles. The van der Waals surface area contributed by atoms with Gasteiger partial charge in [0, 0.05) is 12.3 Å². The molecule has 3 aromatic rings. The molecule has 0 fully saturated rings. The lowest BCUT2D eigenvalue weighted by atomic mass is 9.83. The highest BCUT2D eigenvalue weighted by atomic mass is 16.6. The molecule has 5 rings (SSSR count). The zero-order valence-corrected chi connectivity index (χ0v) is 18.4. The standard InChI is InChI=1S/C29H26O4/c30-25(27-28(31)26(33-29(27)32)17-14-19-8-2-1-3-9-19)18-24-22-12-6-4-10-20(22)15-16-21-11-5-7-13-23(21)24/h1-13,24,26,31H,14-18H2. The van der Waals surface area contributed by atoms with E-state index in [2.05, 4.69) is 24.3 Å². The summed E-state index contributed by atoms with van der Waals surface area (Å²) in [5, 5.41) is 10.8. The molecule has 1 atom stereocenters. The number of cyclic esters (lactones) is 1. The Morgan fingerprint density at radius 3 is 2.06 bits per heavy atom. The third-order valence-electron chi connectivity index (χ3n) is 6.75. The maximum Gasteiger partial charge on any atom is 0.346 e. The molecule has 4 nitrogen and oxygen atoms in total. The Hall–Kier alpha value is -3.66. The number of ketones is 1. The van der Waals surface area contributed by atoms with Gasteiger partial charge in [-0.3, -0.25) is 4.79 Å². The SMILES string of the molecule is O=C(CC1c2ccccc2CCc2ccccc21)C1=C(O)C(CCc2ccccc2)OC1=O. The summed E-state index contributed by atoms with van der Waals surface area (Å²) >= 11 is 0. The first-order valence-corrected chi connectivity index (χ1v) is 11.5. The van der Waals surface area contributed by atoms with E-state index < -0.39 is 12.1 Å². The summed E-state index contributed by atoms with van der Waals surface area (Å²) in [6.07, 6.45) is 2.25. The number of ether oxygens (including phenoxy) is 1. The molecule has 4 heteroatoms. The molecule has 2 aliphatic rings. The van der Waals surface area contributed by atoms with Crippen molar-refractivity contribution in [2.75, 3.05) is 0 Å². The number of rotatable bonds is 6. The van der Waals surface area contributed by atoms with E-state index in [9.17, 15) is 14.7 Å². The highest BCUT2D eigenvalue weighted by Gasteiger charge is 2.39. The van der Waals surface area contributed by atoms with Gasteiger partial charge < -0.3 is 9.84 Å². The van der Waals surface area contributed by atoms with Gasteiger partial charge >= 0.3 is 5.97 Å². The van der Waals surface area contributed by atoms with Gasteiger partial charge in [0.2, 0.25) is 0 Å². The summed E-state index contributed by atoms with van der Waals surface area (Å²) in [4.78, 5) is 26.0. The summed E-state index contributed by atoms with van der Waals surface area (Å²) in [5.41, 5.74) is 5.57. The highest BCUT2D eigenvalue weighted by molar-refractivity contribution is 6.19. The van der Waals surface area contributed by atoms with Crippen LogP contribution in [0.5, 0.6) is 0 Å². The normalized spacial score (nSPS) is 17.8. The molecule has 0 spiro atoms. The van der Waals surface area contributed by atoms with Crippen LogP contribution in [0, 0.1) is 0 Å². The van der Waals surface area contributed by atoms with Crippen LogP contribution < -0.4 is 0 Å². The topological polar surface area (TPSA) is 63.6 Å². The number of hydrogen-bond acceptors (Lipinski definition) is 4. The lowest BCUT2D eigenvalue weighted by molar-refractivity contribution is -0.141. The Bertz CT molecular complexity index is 1180. The first-order valence-electron chi connectivity index (χ1n) is 11.5. The van der Waals surface area contributed by atoms with Crippen molar-refractivity contribution in [3.8, 4) is 0 Å². The van der Waals surface area contributed by atoms with Gasteiger partial charge in [-0.05, 0) is 53.5 Å². The summed E-state index contributed by atoms with van der Waals surface area (Å²) in [6.45, 7) is 0. The molecule has 0 aromatic heterocycles. The first-order chi connectivity index (χ1) is 16.1. The van der Waals surface area contributed by atoms with Crippen molar-refractivity contribution in [2.24, 2.45) is 0 Å². The Morgan fingerprint density at radius 2 is 1.42 bits per heavy atom. The number of aryl methyl sites for hydroxylation is 3. The van der Waals surface area contributed by atoms with E-state index in [4.69, 9.17) is 4.74 Å². The van der Waals surface area contributed by atoms with Gasteiger partial charge in [0.1, 0.15) is 5.57 Å². The van der Waals surface area contributed by atoms with Crippen molar-refractivity contribution in [2.45, 2.75) is 44.1 Å². The van der Waals surface area contributed by atoms with E-state index >= 15 is 0 Å². The van der Waals surface area contributed by atoms with E-state index in [-0.39, 0.29) is 29.5 Å². The minimum absolute atomic E-state index is 0.119. The molecule has 1 unspecified atom stereocenters. The predicted octanol–water partition coefficient (Wildman–Crippen LogP) is 5.25. The third kappa shape index (κ3) is 4.21. The van der Waals surface area contributed by atoms with Gasteiger partial charge in [0.05, 0.1) is 0 Å². The minimum atomic E-state index is -0.773. The van der Waals surface area contributed by atoms with Crippen LogP contribution in [0.15, 0.2) is 90.2 Å². The molecular weight excluding hydrogens is 412 g/mol. The second-order valence-electron chi connectivity index (χ2n) is 8.76. The maximum atomic E-state index is 13.4. The van der Waals surface area contributed by atoms with Crippen LogP contribution in [0.3, 0.4) is 0 Å². The van der Waals surface area contributed by atoms with Crippen molar-refractivity contribution in [3.63, 3.8) is 0 Å². The fourth-order valence-corrected chi connectivity index (χ4v) is 5.05. The van der Waals surface area contributed by atoms with E-state index in [1.54, 1.807) is 0 Å². The van der Waals surface area contributed by atoms with Gasteiger partial charge in [-0.2, -0.15) is 0 Å². The summed E-state index contributed by atoms with van der Waals surface area (Å²) < 4.78 is 5.40. The molecule has 0 amide bonds. The Morgan fingerprint density at radius 1 is 0.848 bits per heavy atom. The van der Waals surface area contributed by atoms with Crippen molar-refractivity contribution >= 4 is 11.8 Å². The van der Waals surface area contributed by atoms with Gasteiger partial charge in [-0.25, -0.2) is 4.79 Å². The molecule has 0 bridgehead atoms. The second kappa shape index (κ2) is 9.07. The number of Topliss-reactive ketones (excluding diaryl/α,β-unsaturated/α-hetero) is 1. The van der Waals surface area contributed by atoms with Gasteiger partial charge in [0.25, 0.3) is 0 Å². The van der Waals surface area contributed by atoms with Crippen LogP contribution >= 0.6 is 0 Å². The van der Waals surface area contributed by atoms with Crippen LogP contribution in [-0.4, -0.2) is 23.0 Å². The van der Waals surface area contributed by atoms with Crippen LogP contribution in [0.4, 0.5) is 0 Å². The lowest BCUT2D eigenvalue weighted by Crippen LogP contribution is -2.16. The summed E-state index contributed by atoms with van der Waals surface area (Å²) in [7, 11) is 0. The van der Waals surface area contributed by atoms with Crippen LogP contribution in [0.2, 0.25) is 0 Å². The van der Waals surface area contributed by atoms with Crippen molar-refractivity contribution < 1.29 is 19.4 Å². The fraction of sp³-hybridized carbons (Fsp3) is 0.241. The minimum Gasteiger partial charge on any atom is -0.507 e. The number of carbonyl (C=O) groups is 2. The molecule has 1 aliphatic carbocycles. The Balaban J connectivity index is 1.41. The quantitative estimate of drug-likeness (QED) is 0.422. The zero-order valence-electron chi connectivity index (χ0n) is 18.4. The number of aliphatic hydroxyl groups excluding tert-OH is 1. The Labute approximate surface area is 193 Å². The van der Waals surface area contributed by atoms with E-state index in [1.165, 1.54) is 11.1 Å². The average molecular weight is 439 g/mol. The monoisotopic (exact) mass is 438 g/mol. The van der Waals surface area contributed by atoms with Gasteiger partial charge in [0.15, 0.2) is 17.6 Å². The van der Waals surface area contributed by atoms with Crippen LogP contribution in [0.25, 0.3) is 0 Å². The predicted molar refractivity (Wildman–Crippen MR) is 126 cm³/mol. The summed E-state index contributed by atoms with van der Waals surface area (Å²) in [5.74, 6) is -1.47. The maximum absolute atomic E-state index is 13.4. The van der Waals surface area contributed by atoms with Crippen molar-refractivity contribution in [1.29, 1.82) is 0 Å². The van der Waals surface area contributed by atoms with E-state index in [1.807, 2.05) is 54.6 Å². The number of aliphatic hydroxyl groups is 1. The largest absolute Gasteiger partial charge is 0.507 e. The molecule has 166 valence electrons. The number of esters is 1. The van der Waals surface area contributed by atoms with Gasteiger partial charge in [-0.15, -0.1) is 0 Å². The number of benzene rings is 3. The number of fused-ring (bicyclic) bond motifs is 2. The zero-order chi connectivity index (χ0) is 22.8. The molecule has 1 heterocycles. The molecule has 0 saturated carbocycles. The fourth-order valence-electron chi connectivity index (χ4n) is 5.05. The van der Waals surface area contributed by atoms with Crippen molar-refractivity contribution in [1.82, 2.24) is 0 Å². The number of hydrogen-bond donors (Lipinski definition) is 1. The molecule has 1 N–H and O–H groups in total. The average Bonchev–Trinajstić information content (AvgIpc) is 3.03. The van der Waals surface area contributed by atoms with E-state index in [0.29, 0.717) is 12.8 Å². The number of carbonyl (C=O) groups excluding carboxylic acids is 2. The van der Waals surface area contributed by atoms with Crippen molar-refractivity contribution in [3.05, 3.63) is 118 Å².